The molecule has 2 aromatic heterocycles. The molecule has 1 aromatic carbocycles. The van der Waals surface area contributed by atoms with Gasteiger partial charge in [0.05, 0.1) is 10.9 Å². The molecule has 0 saturated carbocycles. The molecule has 0 aliphatic carbocycles. The molecule has 1 N–H and O–H groups in total. The summed E-state index contributed by atoms with van der Waals surface area (Å²) >= 11 is 0. The maximum Gasteiger partial charge on any atom is 0.258 e. The Morgan fingerprint density at radius 2 is 1.83 bits per heavy atom. The summed E-state index contributed by atoms with van der Waals surface area (Å²) in [5.74, 6) is 0.701. The monoisotopic (exact) mass is 321 g/mol. The van der Waals surface area contributed by atoms with E-state index in [1.165, 1.54) is 5.56 Å². The highest BCUT2D eigenvalue weighted by Crippen LogP contribution is 2.15. The van der Waals surface area contributed by atoms with Gasteiger partial charge in [-0.15, -0.1) is 0 Å². The van der Waals surface area contributed by atoms with Gasteiger partial charge in [0.25, 0.3) is 5.56 Å². The van der Waals surface area contributed by atoms with Crippen LogP contribution >= 0.6 is 0 Å². The molecule has 3 heterocycles. The molecule has 1 aliphatic heterocycles. The third-order valence-corrected chi connectivity index (χ3v) is 4.41. The minimum atomic E-state index is -0.147. The minimum absolute atomic E-state index is 0.147. The first-order valence-corrected chi connectivity index (χ1v) is 8.15. The van der Waals surface area contributed by atoms with E-state index in [1.807, 2.05) is 12.1 Å². The SMILES string of the molecule is O=c1[nH]ccc2nc(N3CCN(Cc4ccccc4)CC3)ncc12. The molecule has 0 amide bonds. The minimum Gasteiger partial charge on any atom is -0.338 e. The number of nitrogens with one attached hydrogen (secondary N) is 1. The number of benzene rings is 1. The summed E-state index contributed by atoms with van der Waals surface area (Å²) in [6.45, 7) is 4.71. The highest BCUT2D eigenvalue weighted by atomic mass is 16.1. The van der Waals surface area contributed by atoms with Gasteiger partial charge in [0.1, 0.15) is 0 Å². The van der Waals surface area contributed by atoms with Crippen molar-refractivity contribution in [3.8, 4) is 0 Å². The van der Waals surface area contributed by atoms with Gasteiger partial charge in [-0.1, -0.05) is 30.3 Å². The molecular weight excluding hydrogens is 302 g/mol. The normalized spacial score (nSPS) is 15.8. The second-order valence-corrected chi connectivity index (χ2v) is 6.02. The van der Waals surface area contributed by atoms with Crippen molar-refractivity contribution in [3.63, 3.8) is 0 Å². The fourth-order valence-corrected chi connectivity index (χ4v) is 3.06. The zero-order valence-corrected chi connectivity index (χ0v) is 13.4. The summed E-state index contributed by atoms with van der Waals surface area (Å²) < 4.78 is 0. The Morgan fingerprint density at radius 1 is 1.04 bits per heavy atom. The summed E-state index contributed by atoms with van der Waals surface area (Å²) in [5, 5.41) is 0.531. The van der Waals surface area contributed by atoms with Crippen molar-refractivity contribution < 1.29 is 0 Å². The number of hydrogen-bond donors (Lipinski definition) is 1. The average Bonchev–Trinajstić information content (AvgIpc) is 2.63. The van der Waals surface area contributed by atoms with Gasteiger partial charge in [-0.05, 0) is 11.6 Å². The number of aromatic amines is 1. The molecule has 24 heavy (non-hydrogen) atoms. The Hall–Kier alpha value is -2.73. The first-order chi connectivity index (χ1) is 11.8. The molecule has 0 bridgehead atoms. The number of pyridine rings is 1. The van der Waals surface area contributed by atoms with Crippen LogP contribution in [0.2, 0.25) is 0 Å². The number of fused-ring (bicyclic) bond motifs is 1. The summed E-state index contributed by atoms with van der Waals surface area (Å²) in [6, 6.07) is 12.3. The zero-order chi connectivity index (χ0) is 16.4. The topological polar surface area (TPSA) is 65.1 Å². The van der Waals surface area contributed by atoms with E-state index in [0.29, 0.717) is 16.9 Å². The van der Waals surface area contributed by atoms with Crippen LogP contribution in [0.1, 0.15) is 5.56 Å². The molecule has 3 aromatic rings. The van der Waals surface area contributed by atoms with Crippen LogP contribution in [0.3, 0.4) is 0 Å². The van der Waals surface area contributed by atoms with Gasteiger partial charge in [-0.2, -0.15) is 0 Å². The molecule has 4 rings (SSSR count). The van der Waals surface area contributed by atoms with E-state index in [0.717, 1.165) is 32.7 Å². The maximum atomic E-state index is 11.7. The van der Waals surface area contributed by atoms with Gasteiger partial charge in [0.15, 0.2) is 0 Å². The quantitative estimate of drug-likeness (QED) is 0.794. The fourth-order valence-electron chi connectivity index (χ4n) is 3.06. The van der Waals surface area contributed by atoms with Crippen molar-refractivity contribution >= 4 is 16.9 Å². The van der Waals surface area contributed by atoms with Crippen LogP contribution in [0.5, 0.6) is 0 Å². The van der Waals surface area contributed by atoms with E-state index in [2.05, 4.69) is 49.0 Å². The van der Waals surface area contributed by atoms with E-state index < -0.39 is 0 Å². The summed E-state index contributed by atoms with van der Waals surface area (Å²) in [6.07, 6.45) is 3.24. The number of rotatable bonds is 3. The van der Waals surface area contributed by atoms with Crippen LogP contribution in [0.25, 0.3) is 10.9 Å². The molecule has 6 nitrogen and oxygen atoms in total. The van der Waals surface area contributed by atoms with Gasteiger partial charge >= 0.3 is 0 Å². The summed E-state index contributed by atoms with van der Waals surface area (Å²) in [5.41, 5.74) is 1.88. The lowest BCUT2D eigenvalue weighted by Crippen LogP contribution is -2.46. The van der Waals surface area contributed by atoms with Crippen molar-refractivity contribution in [2.75, 3.05) is 31.1 Å². The van der Waals surface area contributed by atoms with Gasteiger partial charge in [0.2, 0.25) is 5.95 Å². The van der Waals surface area contributed by atoms with Crippen LogP contribution in [0.4, 0.5) is 5.95 Å². The van der Waals surface area contributed by atoms with Crippen molar-refractivity contribution in [3.05, 3.63) is 64.7 Å². The molecule has 0 unspecified atom stereocenters. The van der Waals surface area contributed by atoms with E-state index >= 15 is 0 Å². The number of H-pyrrole nitrogens is 1. The standard InChI is InChI=1S/C18H19N5O/c24-17-15-12-20-18(21-16(15)6-7-19-17)23-10-8-22(9-11-23)13-14-4-2-1-3-5-14/h1-7,12H,8-11,13H2,(H,19,24). The summed E-state index contributed by atoms with van der Waals surface area (Å²) in [7, 11) is 0. The average molecular weight is 321 g/mol. The first kappa shape index (κ1) is 14.8. The van der Waals surface area contributed by atoms with Crippen LogP contribution in [0.15, 0.2) is 53.6 Å². The molecule has 1 fully saturated rings. The predicted molar refractivity (Wildman–Crippen MR) is 94.1 cm³/mol. The Kier molecular flexibility index (Phi) is 3.96. The Balaban J connectivity index is 1.45. The highest BCUT2D eigenvalue weighted by molar-refractivity contribution is 5.77. The Morgan fingerprint density at radius 3 is 2.62 bits per heavy atom. The van der Waals surface area contributed by atoms with E-state index in [4.69, 9.17) is 0 Å². The number of aromatic nitrogens is 3. The van der Waals surface area contributed by atoms with Gasteiger partial charge < -0.3 is 9.88 Å². The first-order valence-electron chi connectivity index (χ1n) is 8.15. The largest absolute Gasteiger partial charge is 0.338 e. The molecule has 0 radical (unpaired) electrons. The van der Waals surface area contributed by atoms with E-state index in [1.54, 1.807) is 12.4 Å². The molecule has 122 valence electrons. The zero-order valence-electron chi connectivity index (χ0n) is 13.4. The van der Waals surface area contributed by atoms with Crippen molar-refractivity contribution in [2.45, 2.75) is 6.54 Å². The lowest BCUT2D eigenvalue weighted by molar-refractivity contribution is 0.249. The van der Waals surface area contributed by atoms with Crippen LogP contribution in [-0.4, -0.2) is 46.0 Å². The third-order valence-electron chi connectivity index (χ3n) is 4.41. The van der Waals surface area contributed by atoms with Crippen LogP contribution in [-0.2, 0) is 6.54 Å². The van der Waals surface area contributed by atoms with E-state index in [9.17, 15) is 4.79 Å². The number of piperazine rings is 1. The predicted octanol–water partition coefficient (Wildman–Crippen LogP) is 1.64. The smallest absolute Gasteiger partial charge is 0.258 e. The number of hydrogen-bond acceptors (Lipinski definition) is 5. The summed E-state index contributed by atoms with van der Waals surface area (Å²) in [4.78, 5) is 27.9. The lowest BCUT2D eigenvalue weighted by atomic mass is 10.2. The van der Waals surface area contributed by atoms with Crippen molar-refractivity contribution in [1.82, 2.24) is 19.9 Å². The third kappa shape index (κ3) is 3.00. The van der Waals surface area contributed by atoms with Crippen LogP contribution < -0.4 is 10.5 Å². The second-order valence-electron chi connectivity index (χ2n) is 6.02. The Bertz CT molecular complexity index is 885. The molecule has 6 heteroatoms. The highest BCUT2D eigenvalue weighted by Gasteiger charge is 2.19. The van der Waals surface area contributed by atoms with Crippen molar-refractivity contribution in [1.29, 1.82) is 0 Å². The maximum absolute atomic E-state index is 11.7. The molecule has 0 spiro atoms. The van der Waals surface area contributed by atoms with Gasteiger partial charge in [0, 0.05) is 45.1 Å². The molecular formula is C18H19N5O. The van der Waals surface area contributed by atoms with Gasteiger partial charge in [-0.25, -0.2) is 9.97 Å². The number of anilines is 1. The molecule has 1 saturated heterocycles. The Labute approximate surface area is 139 Å². The second kappa shape index (κ2) is 6.41. The molecule has 1 aliphatic rings. The lowest BCUT2D eigenvalue weighted by Gasteiger charge is -2.34. The fraction of sp³-hybridized carbons (Fsp3) is 0.278. The van der Waals surface area contributed by atoms with Crippen LogP contribution in [0, 0.1) is 0 Å². The molecule has 0 atom stereocenters. The van der Waals surface area contributed by atoms with Gasteiger partial charge in [-0.3, -0.25) is 9.69 Å². The number of nitrogens with zero attached hydrogens (tertiary/aromatic N) is 4. The van der Waals surface area contributed by atoms with E-state index in [-0.39, 0.29) is 5.56 Å². The van der Waals surface area contributed by atoms with Crippen molar-refractivity contribution in [2.24, 2.45) is 0 Å².